The third-order valence-electron chi connectivity index (χ3n) is 6.79. The van der Waals surface area contributed by atoms with Crippen LogP contribution >= 0.6 is 0 Å². The largest absolute Gasteiger partial charge is 0.465 e. The standard InChI is InChI=1S/C38H44N6O4/c1-5-19-45-35-9-13-39-31(23-35)27-43(28-32-24-36(10-14-40-32)46-20-6-2)17-18-44(29-33-25-37(11-15-41-33)47-21-7-3)30-34-26-38(12-16-42-34)48-22-8-4/h5-16,19-26H,17-18,27-30H2,1-4H3. The van der Waals surface area contributed by atoms with Crippen molar-refractivity contribution in [3.05, 3.63) is 145 Å². The smallest absolute Gasteiger partial charge is 0.129 e. The molecule has 0 saturated heterocycles. The van der Waals surface area contributed by atoms with E-state index in [4.69, 9.17) is 18.9 Å². The summed E-state index contributed by atoms with van der Waals surface area (Å²) in [5.74, 6) is 2.93. The number of hydrogen-bond donors (Lipinski definition) is 0. The lowest BCUT2D eigenvalue weighted by Gasteiger charge is -2.27. The molecule has 0 unspecified atom stereocenters. The summed E-state index contributed by atoms with van der Waals surface area (Å²) in [7, 11) is 0. The Labute approximate surface area is 283 Å². The minimum absolute atomic E-state index is 0.582. The number of hydrogen-bond acceptors (Lipinski definition) is 10. The summed E-state index contributed by atoms with van der Waals surface area (Å²) in [6, 6.07) is 15.2. The van der Waals surface area contributed by atoms with Crippen molar-refractivity contribution in [1.82, 2.24) is 29.7 Å². The third kappa shape index (κ3) is 12.5. The zero-order valence-electron chi connectivity index (χ0n) is 28.1. The third-order valence-corrected chi connectivity index (χ3v) is 6.79. The van der Waals surface area contributed by atoms with Crippen LogP contribution in [-0.2, 0) is 26.2 Å². The molecule has 0 aliphatic rings. The van der Waals surface area contributed by atoms with Crippen molar-refractivity contribution in [3.8, 4) is 23.0 Å². The van der Waals surface area contributed by atoms with E-state index in [1.807, 2.05) is 101 Å². The van der Waals surface area contributed by atoms with Crippen molar-refractivity contribution < 1.29 is 18.9 Å². The van der Waals surface area contributed by atoms with Gasteiger partial charge in [0.2, 0.25) is 0 Å². The van der Waals surface area contributed by atoms with Crippen LogP contribution in [0.3, 0.4) is 0 Å². The highest BCUT2D eigenvalue weighted by molar-refractivity contribution is 5.26. The fourth-order valence-corrected chi connectivity index (χ4v) is 4.68. The lowest BCUT2D eigenvalue weighted by Crippen LogP contribution is -2.35. The molecule has 0 aliphatic carbocycles. The van der Waals surface area contributed by atoms with Crippen LogP contribution in [0, 0.1) is 0 Å². The van der Waals surface area contributed by atoms with Crippen molar-refractivity contribution in [2.45, 2.75) is 53.9 Å². The average Bonchev–Trinajstić information content (AvgIpc) is 3.11. The first-order chi connectivity index (χ1) is 23.6. The van der Waals surface area contributed by atoms with Crippen LogP contribution in [0.25, 0.3) is 0 Å². The molecule has 0 saturated carbocycles. The molecule has 0 amide bonds. The van der Waals surface area contributed by atoms with Crippen molar-refractivity contribution in [2.75, 3.05) is 13.1 Å². The van der Waals surface area contributed by atoms with Gasteiger partial charge in [0.25, 0.3) is 0 Å². The Hall–Kier alpha value is -5.32. The second kappa shape index (κ2) is 20.0. The molecule has 0 radical (unpaired) electrons. The van der Waals surface area contributed by atoms with Gasteiger partial charge in [-0.1, -0.05) is 24.3 Å². The van der Waals surface area contributed by atoms with Crippen LogP contribution in [0.1, 0.15) is 50.5 Å². The molecule has 4 rings (SSSR count). The van der Waals surface area contributed by atoms with Gasteiger partial charge in [-0.15, -0.1) is 0 Å². The maximum Gasteiger partial charge on any atom is 0.129 e. The molecular weight excluding hydrogens is 604 g/mol. The lowest BCUT2D eigenvalue weighted by molar-refractivity contribution is 0.177. The Morgan fingerprint density at radius 1 is 0.438 bits per heavy atom. The highest BCUT2D eigenvalue weighted by atomic mass is 16.5. The zero-order valence-corrected chi connectivity index (χ0v) is 28.1. The molecule has 4 aromatic rings. The highest BCUT2D eigenvalue weighted by Crippen LogP contribution is 2.19. The fraction of sp³-hybridized carbons (Fsp3) is 0.263. The molecule has 0 fully saturated rings. The number of nitrogens with zero attached hydrogens (tertiary/aromatic N) is 6. The normalized spacial score (nSPS) is 11.9. The van der Waals surface area contributed by atoms with Crippen LogP contribution in [0.2, 0.25) is 0 Å². The van der Waals surface area contributed by atoms with Crippen LogP contribution < -0.4 is 18.9 Å². The number of ether oxygens (including phenoxy) is 4. The zero-order chi connectivity index (χ0) is 33.8. The monoisotopic (exact) mass is 648 g/mol. The molecule has 250 valence electrons. The summed E-state index contributed by atoms with van der Waals surface area (Å²) in [6.45, 7) is 11.4. The molecule has 4 heterocycles. The number of rotatable bonds is 19. The van der Waals surface area contributed by atoms with E-state index < -0.39 is 0 Å². The Bertz CT molecular complexity index is 1430. The van der Waals surface area contributed by atoms with E-state index in [9.17, 15) is 0 Å². The van der Waals surface area contributed by atoms with Crippen molar-refractivity contribution in [3.63, 3.8) is 0 Å². The molecular formula is C38H44N6O4. The quantitative estimate of drug-likeness (QED) is 0.0945. The summed E-state index contributed by atoms with van der Waals surface area (Å²) in [4.78, 5) is 23.2. The number of aromatic nitrogens is 4. The summed E-state index contributed by atoms with van der Waals surface area (Å²) in [5.41, 5.74) is 3.54. The minimum Gasteiger partial charge on any atom is -0.465 e. The number of allylic oxidation sites excluding steroid dienone is 4. The van der Waals surface area contributed by atoms with Crippen molar-refractivity contribution in [2.24, 2.45) is 0 Å². The molecule has 4 aromatic heterocycles. The summed E-state index contributed by atoms with van der Waals surface area (Å²) in [6.07, 6.45) is 21.1. The average molecular weight is 649 g/mol. The lowest BCUT2D eigenvalue weighted by atomic mass is 10.2. The first-order valence-corrected chi connectivity index (χ1v) is 15.9. The van der Waals surface area contributed by atoms with Gasteiger partial charge >= 0.3 is 0 Å². The van der Waals surface area contributed by atoms with Crippen LogP contribution in [0.15, 0.2) is 123 Å². The SMILES string of the molecule is CC=COc1ccnc(CN(CCN(Cc2cc(OC=CC)ccn2)Cc2cc(OC=CC)ccn2)Cc2cc(OC=CC)ccn2)c1. The molecule has 0 atom stereocenters. The first kappa shape index (κ1) is 35.5. The fourth-order valence-electron chi connectivity index (χ4n) is 4.68. The second-order valence-corrected chi connectivity index (χ2v) is 10.7. The molecule has 10 heteroatoms. The van der Waals surface area contributed by atoms with Gasteiger partial charge in [-0.05, 0) is 52.0 Å². The topological polar surface area (TPSA) is 95.0 Å². The van der Waals surface area contributed by atoms with Crippen LogP contribution in [0.4, 0.5) is 0 Å². The number of pyridine rings is 4. The van der Waals surface area contributed by atoms with E-state index >= 15 is 0 Å². The van der Waals surface area contributed by atoms with Gasteiger partial charge in [0.05, 0.1) is 47.8 Å². The Morgan fingerprint density at radius 2 is 0.688 bits per heavy atom. The molecule has 0 aliphatic heterocycles. The van der Waals surface area contributed by atoms with Crippen molar-refractivity contribution in [1.29, 1.82) is 0 Å². The predicted molar refractivity (Wildman–Crippen MR) is 187 cm³/mol. The van der Waals surface area contributed by atoms with Gasteiger partial charge < -0.3 is 18.9 Å². The van der Waals surface area contributed by atoms with Gasteiger partial charge in [-0.3, -0.25) is 29.7 Å². The summed E-state index contributed by atoms with van der Waals surface area (Å²) in [5, 5.41) is 0. The maximum absolute atomic E-state index is 5.72. The second-order valence-electron chi connectivity index (χ2n) is 10.7. The molecule has 0 N–H and O–H groups in total. The van der Waals surface area contributed by atoms with Gasteiger partial charge in [0, 0.05) is 88.3 Å². The van der Waals surface area contributed by atoms with Crippen molar-refractivity contribution >= 4 is 0 Å². The molecule has 10 nitrogen and oxygen atoms in total. The van der Waals surface area contributed by atoms with Gasteiger partial charge in [0.1, 0.15) is 23.0 Å². The molecule has 48 heavy (non-hydrogen) atoms. The van der Waals surface area contributed by atoms with E-state index in [2.05, 4.69) is 29.7 Å². The van der Waals surface area contributed by atoms with E-state index in [0.717, 1.165) is 45.8 Å². The summed E-state index contributed by atoms with van der Waals surface area (Å²) >= 11 is 0. The van der Waals surface area contributed by atoms with Crippen LogP contribution in [-0.4, -0.2) is 42.8 Å². The van der Waals surface area contributed by atoms with E-state index in [1.54, 1.807) is 49.8 Å². The molecule has 0 bridgehead atoms. The predicted octanol–water partition coefficient (Wildman–Crippen LogP) is 7.62. The molecule has 0 aromatic carbocycles. The maximum atomic E-state index is 5.72. The Kier molecular flexibility index (Phi) is 14.8. The van der Waals surface area contributed by atoms with Gasteiger partial charge in [-0.2, -0.15) is 0 Å². The highest BCUT2D eigenvalue weighted by Gasteiger charge is 2.16. The van der Waals surface area contributed by atoms with Crippen LogP contribution in [0.5, 0.6) is 23.0 Å². The van der Waals surface area contributed by atoms with E-state index in [0.29, 0.717) is 39.3 Å². The van der Waals surface area contributed by atoms with E-state index in [-0.39, 0.29) is 0 Å². The minimum atomic E-state index is 0.582. The van der Waals surface area contributed by atoms with Gasteiger partial charge in [-0.25, -0.2) is 0 Å². The first-order valence-electron chi connectivity index (χ1n) is 15.9. The summed E-state index contributed by atoms with van der Waals surface area (Å²) < 4.78 is 22.9. The molecule has 0 spiro atoms. The Balaban J connectivity index is 1.59. The van der Waals surface area contributed by atoms with Gasteiger partial charge in [0.15, 0.2) is 0 Å². The Morgan fingerprint density at radius 3 is 0.917 bits per heavy atom. The van der Waals surface area contributed by atoms with E-state index in [1.165, 1.54) is 0 Å².